The van der Waals surface area contributed by atoms with E-state index in [1.54, 1.807) is 6.34 Å². The average Bonchev–Trinajstić information content (AvgIpc) is 2.78. The van der Waals surface area contributed by atoms with Crippen molar-refractivity contribution < 1.29 is 9.53 Å². The third-order valence-electron chi connectivity index (χ3n) is 4.73. The second-order valence-electron chi connectivity index (χ2n) is 8.55. The van der Waals surface area contributed by atoms with Gasteiger partial charge in [-0.15, -0.1) is 0 Å². The molecule has 0 saturated carbocycles. The van der Waals surface area contributed by atoms with Crippen molar-refractivity contribution in [2.75, 3.05) is 45.9 Å². The molecular weight excluding hydrogens is 400 g/mol. The van der Waals surface area contributed by atoms with Gasteiger partial charge in [0.1, 0.15) is 0 Å². The van der Waals surface area contributed by atoms with Gasteiger partial charge in [-0.3, -0.25) is 14.7 Å². The summed E-state index contributed by atoms with van der Waals surface area (Å²) in [4.78, 5) is 19.4. The number of nitrogens with one attached hydrogen (secondary N) is 2. The predicted octanol–water partition coefficient (Wildman–Crippen LogP) is 5.17. The Bertz CT molecular complexity index is 557. The van der Waals surface area contributed by atoms with E-state index < -0.39 is 0 Å². The van der Waals surface area contributed by atoms with Gasteiger partial charge in [-0.1, -0.05) is 68.4 Å². The van der Waals surface area contributed by atoms with Crippen molar-refractivity contribution >= 4 is 12.2 Å². The minimum absolute atomic E-state index is 0.0503. The molecule has 0 aromatic rings. The van der Waals surface area contributed by atoms with Gasteiger partial charge >= 0.3 is 0 Å². The van der Waals surface area contributed by atoms with E-state index in [9.17, 15) is 4.79 Å². The number of rotatable bonds is 11. The number of carbonyl (C=O) groups is 1. The second-order valence-corrected chi connectivity index (χ2v) is 8.55. The largest absolute Gasteiger partial charge is 0.379 e. The Labute approximate surface area is 199 Å². The normalized spacial score (nSPS) is 15.0. The van der Waals surface area contributed by atoms with E-state index in [1.165, 1.54) is 0 Å². The lowest BCUT2D eigenvalue weighted by molar-refractivity contribution is -0.117. The molecule has 32 heavy (non-hydrogen) atoms. The molecule has 1 rings (SSSR count). The molecule has 0 aliphatic carbocycles. The molecule has 6 nitrogen and oxygen atoms in total. The Morgan fingerprint density at radius 2 is 1.75 bits per heavy atom. The molecule has 1 amide bonds. The van der Waals surface area contributed by atoms with Gasteiger partial charge in [0.25, 0.3) is 0 Å². The van der Waals surface area contributed by atoms with E-state index in [0.717, 1.165) is 69.9 Å². The molecule has 0 spiro atoms. The first-order chi connectivity index (χ1) is 15.2. The maximum absolute atomic E-state index is 12.6. The van der Waals surface area contributed by atoms with Gasteiger partial charge in [0, 0.05) is 31.8 Å². The Hall–Kier alpha value is -1.66. The van der Waals surface area contributed by atoms with Gasteiger partial charge in [0.2, 0.25) is 5.91 Å². The number of ether oxygens (including phenoxy) is 1. The lowest BCUT2D eigenvalue weighted by Gasteiger charge is -2.25. The highest BCUT2D eigenvalue weighted by Gasteiger charge is 2.15. The molecule has 0 radical (unpaired) electrons. The summed E-state index contributed by atoms with van der Waals surface area (Å²) in [5.74, 6) is -0.0503. The predicted molar refractivity (Wildman–Crippen MR) is 140 cm³/mol. The van der Waals surface area contributed by atoms with Gasteiger partial charge in [-0.05, 0) is 30.8 Å². The fourth-order valence-corrected chi connectivity index (χ4v) is 2.90. The smallest absolute Gasteiger partial charge is 0.249 e. The maximum Gasteiger partial charge on any atom is 0.249 e. The van der Waals surface area contributed by atoms with Crippen molar-refractivity contribution in [3.05, 3.63) is 23.4 Å². The molecule has 2 N–H and O–H groups in total. The summed E-state index contributed by atoms with van der Waals surface area (Å²) in [7, 11) is 0. The highest BCUT2D eigenvalue weighted by atomic mass is 16.5. The van der Waals surface area contributed by atoms with Crippen LogP contribution in [0.15, 0.2) is 28.4 Å². The first kappa shape index (κ1) is 32.5. The highest BCUT2D eigenvalue weighted by molar-refractivity contribution is 5.94. The fourth-order valence-electron chi connectivity index (χ4n) is 2.90. The third-order valence-corrected chi connectivity index (χ3v) is 4.73. The zero-order valence-electron chi connectivity index (χ0n) is 22.6. The highest BCUT2D eigenvalue weighted by Crippen LogP contribution is 2.18. The number of aliphatic imine (C=N–C) groups is 1. The summed E-state index contributed by atoms with van der Waals surface area (Å²) >= 11 is 0. The molecule has 0 aromatic heterocycles. The number of hydrogen-bond donors (Lipinski definition) is 2. The molecule has 1 saturated heterocycles. The fraction of sp³-hybridized carbons (Fsp3) is 0.769. The van der Waals surface area contributed by atoms with Crippen molar-refractivity contribution in [2.45, 2.75) is 81.6 Å². The Balaban J connectivity index is 0. The lowest BCUT2D eigenvalue weighted by atomic mass is 9.92. The number of amides is 1. The average molecular weight is 453 g/mol. The summed E-state index contributed by atoms with van der Waals surface area (Å²) in [6.45, 7) is 28.5. The molecule has 0 bridgehead atoms. The molecule has 1 heterocycles. The summed E-state index contributed by atoms with van der Waals surface area (Å²) in [6, 6.07) is 0. The summed E-state index contributed by atoms with van der Waals surface area (Å²) in [6.07, 6.45) is 4.46. The summed E-state index contributed by atoms with van der Waals surface area (Å²) in [5, 5.41) is 6.23. The Morgan fingerprint density at radius 3 is 2.28 bits per heavy atom. The molecule has 1 aliphatic heterocycles. The van der Waals surface area contributed by atoms with E-state index in [2.05, 4.69) is 54.8 Å². The van der Waals surface area contributed by atoms with Crippen molar-refractivity contribution in [1.82, 2.24) is 15.5 Å². The SMILES string of the molecule is C=C(CCC)/C(NC=NCCN1CCOCC1)=C(\C)C(=O)NCCC(C)(C)C.CC.CC. The van der Waals surface area contributed by atoms with Crippen LogP contribution in [0.4, 0.5) is 0 Å². The first-order valence-electron chi connectivity index (χ1n) is 12.5. The summed E-state index contributed by atoms with van der Waals surface area (Å²) in [5.41, 5.74) is 2.58. The maximum atomic E-state index is 12.6. The minimum atomic E-state index is -0.0503. The van der Waals surface area contributed by atoms with Gasteiger partial charge in [0.15, 0.2) is 0 Å². The van der Waals surface area contributed by atoms with Crippen molar-refractivity contribution in [3.8, 4) is 0 Å². The second kappa shape index (κ2) is 20.0. The van der Waals surface area contributed by atoms with Crippen LogP contribution >= 0.6 is 0 Å². The van der Waals surface area contributed by atoms with Crippen LogP contribution in [-0.4, -0.2) is 63.1 Å². The first-order valence-corrected chi connectivity index (χ1v) is 12.5. The van der Waals surface area contributed by atoms with E-state index >= 15 is 0 Å². The van der Waals surface area contributed by atoms with Crippen molar-refractivity contribution in [2.24, 2.45) is 10.4 Å². The lowest BCUT2D eigenvalue weighted by Crippen LogP contribution is -2.37. The molecule has 188 valence electrons. The van der Waals surface area contributed by atoms with E-state index in [4.69, 9.17) is 4.74 Å². The van der Waals surface area contributed by atoms with Crippen LogP contribution in [-0.2, 0) is 9.53 Å². The van der Waals surface area contributed by atoms with E-state index in [1.807, 2.05) is 34.6 Å². The Kier molecular flexibility index (Phi) is 20.3. The standard InChI is InChI=1S/C22H40N4O2.2C2H6/c1-7-8-18(2)20(19(3)21(27)24-10-9-22(4,5)6)25-17-23-11-12-26-13-15-28-16-14-26;2*1-2/h17H,2,7-16H2,1,3-6H3,(H,23,25)(H,24,27);2*1-2H3/b20-19-;;. The van der Waals surface area contributed by atoms with E-state index in [0.29, 0.717) is 12.1 Å². The van der Waals surface area contributed by atoms with Gasteiger partial charge < -0.3 is 15.4 Å². The molecule has 6 heteroatoms. The number of allylic oxidation sites excluding steroid dienone is 1. The molecule has 0 atom stereocenters. The number of hydrogen-bond acceptors (Lipinski definition) is 4. The molecule has 0 unspecified atom stereocenters. The molecular formula is C26H52N4O2. The number of nitrogens with zero attached hydrogens (tertiary/aromatic N) is 2. The van der Waals surface area contributed by atoms with Crippen LogP contribution in [0.25, 0.3) is 0 Å². The van der Waals surface area contributed by atoms with Gasteiger partial charge in [-0.2, -0.15) is 0 Å². The Morgan fingerprint density at radius 1 is 1.16 bits per heavy atom. The van der Waals surface area contributed by atoms with Gasteiger partial charge in [0.05, 0.1) is 31.8 Å². The number of carbonyl (C=O) groups excluding carboxylic acids is 1. The zero-order valence-corrected chi connectivity index (χ0v) is 22.6. The van der Waals surface area contributed by atoms with Crippen LogP contribution in [0.3, 0.4) is 0 Å². The summed E-state index contributed by atoms with van der Waals surface area (Å²) < 4.78 is 5.36. The van der Waals surface area contributed by atoms with Crippen LogP contribution in [0.1, 0.15) is 81.6 Å². The van der Waals surface area contributed by atoms with Crippen LogP contribution in [0, 0.1) is 5.41 Å². The monoisotopic (exact) mass is 452 g/mol. The molecule has 1 aliphatic rings. The zero-order chi connectivity index (χ0) is 25.0. The quantitative estimate of drug-likeness (QED) is 0.196. The molecule has 0 aromatic carbocycles. The number of morpholine rings is 1. The van der Waals surface area contributed by atoms with Crippen LogP contribution in [0.5, 0.6) is 0 Å². The minimum Gasteiger partial charge on any atom is -0.379 e. The van der Waals surface area contributed by atoms with E-state index in [-0.39, 0.29) is 11.3 Å². The third kappa shape index (κ3) is 16.0. The van der Waals surface area contributed by atoms with Crippen molar-refractivity contribution in [1.29, 1.82) is 0 Å². The topological polar surface area (TPSA) is 66.0 Å². The van der Waals surface area contributed by atoms with Crippen molar-refractivity contribution in [3.63, 3.8) is 0 Å². The van der Waals surface area contributed by atoms with Crippen LogP contribution < -0.4 is 10.6 Å². The van der Waals surface area contributed by atoms with Crippen LogP contribution in [0.2, 0.25) is 0 Å². The molecule has 1 fully saturated rings. The van der Waals surface area contributed by atoms with Gasteiger partial charge in [-0.25, -0.2) is 0 Å².